The number of ether oxygens (including phenoxy) is 1. The number of carbonyl (C=O) groups is 1. The van der Waals surface area contributed by atoms with Crippen LogP contribution in [0.4, 0.5) is 0 Å². The van der Waals surface area contributed by atoms with Gasteiger partial charge in [0.05, 0.1) is 23.6 Å². The standard InChI is InChI=1S/C20H15BrClNO4/c1-26-8-7-23-17(11-3-2-4-12(21)9-11)16-18(24)14-10-13(22)5-6-15(14)27-19(16)20(23)25/h2-6,9-10,17H,7-8H2,1H3. The summed E-state index contributed by atoms with van der Waals surface area (Å²) in [5, 5.41) is 0.803. The smallest absolute Gasteiger partial charge is 0.290 e. The largest absolute Gasteiger partial charge is 0.450 e. The molecule has 0 saturated carbocycles. The highest BCUT2D eigenvalue weighted by atomic mass is 79.9. The Labute approximate surface area is 168 Å². The van der Waals surface area contributed by atoms with Crippen LogP contribution in [0, 0.1) is 0 Å². The molecule has 4 rings (SSSR count). The Hall–Kier alpha value is -2.15. The van der Waals surface area contributed by atoms with Gasteiger partial charge in [0, 0.05) is 23.1 Å². The Bertz CT molecular complexity index is 1110. The normalized spacial score (nSPS) is 16.2. The first-order valence-electron chi connectivity index (χ1n) is 8.33. The van der Waals surface area contributed by atoms with E-state index < -0.39 is 6.04 Å². The average Bonchev–Trinajstić information content (AvgIpc) is 2.93. The van der Waals surface area contributed by atoms with Crippen molar-refractivity contribution in [2.24, 2.45) is 0 Å². The van der Waals surface area contributed by atoms with Crippen molar-refractivity contribution in [3.05, 3.63) is 79.1 Å². The molecule has 138 valence electrons. The molecule has 1 aliphatic rings. The molecule has 2 heterocycles. The number of amides is 1. The molecule has 1 atom stereocenters. The van der Waals surface area contributed by atoms with Crippen molar-refractivity contribution in [3.63, 3.8) is 0 Å². The van der Waals surface area contributed by atoms with Gasteiger partial charge in [0.2, 0.25) is 5.76 Å². The number of hydrogen-bond acceptors (Lipinski definition) is 4. The van der Waals surface area contributed by atoms with Crippen LogP contribution in [0.5, 0.6) is 0 Å². The van der Waals surface area contributed by atoms with Crippen molar-refractivity contribution in [2.45, 2.75) is 6.04 Å². The van der Waals surface area contributed by atoms with E-state index in [1.54, 1.807) is 30.2 Å². The predicted octanol–water partition coefficient (Wildman–Crippen LogP) is 4.40. The second-order valence-corrected chi connectivity index (χ2v) is 7.62. The van der Waals surface area contributed by atoms with Crippen LogP contribution in [-0.4, -0.2) is 31.1 Å². The lowest BCUT2D eigenvalue weighted by molar-refractivity contribution is 0.0663. The zero-order valence-corrected chi connectivity index (χ0v) is 16.7. The molecule has 3 aromatic rings. The maximum Gasteiger partial charge on any atom is 0.290 e. The van der Waals surface area contributed by atoms with Crippen molar-refractivity contribution in [1.82, 2.24) is 4.90 Å². The third kappa shape index (κ3) is 3.08. The summed E-state index contributed by atoms with van der Waals surface area (Å²) in [5.41, 5.74) is 1.26. The van der Waals surface area contributed by atoms with Gasteiger partial charge in [0.1, 0.15) is 5.58 Å². The highest BCUT2D eigenvalue weighted by molar-refractivity contribution is 9.10. The van der Waals surface area contributed by atoms with Crippen LogP contribution in [0.25, 0.3) is 11.0 Å². The topological polar surface area (TPSA) is 59.8 Å². The fraction of sp³-hybridized carbons (Fsp3) is 0.200. The minimum atomic E-state index is -0.542. The molecule has 0 saturated heterocycles. The van der Waals surface area contributed by atoms with Gasteiger partial charge in [-0.2, -0.15) is 0 Å². The van der Waals surface area contributed by atoms with Gasteiger partial charge in [0.15, 0.2) is 5.43 Å². The van der Waals surface area contributed by atoms with Crippen molar-refractivity contribution < 1.29 is 13.9 Å². The number of carbonyl (C=O) groups excluding carboxylic acids is 1. The van der Waals surface area contributed by atoms with Crippen LogP contribution < -0.4 is 5.43 Å². The lowest BCUT2D eigenvalue weighted by Gasteiger charge is -2.24. The number of rotatable bonds is 4. The molecule has 0 spiro atoms. The lowest BCUT2D eigenvalue weighted by Crippen LogP contribution is -2.32. The molecular weight excluding hydrogens is 434 g/mol. The van der Waals surface area contributed by atoms with E-state index >= 15 is 0 Å². The fourth-order valence-electron chi connectivity index (χ4n) is 3.44. The molecule has 1 unspecified atom stereocenters. The monoisotopic (exact) mass is 447 g/mol. The van der Waals surface area contributed by atoms with Crippen LogP contribution in [0.2, 0.25) is 5.02 Å². The fourth-order valence-corrected chi connectivity index (χ4v) is 4.03. The lowest BCUT2D eigenvalue weighted by atomic mass is 9.98. The molecule has 0 aliphatic carbocycles. The summed E-state index contributed by atoms with van der Waals surface area (Å²) >= 11 is 9.52. The van der Waals surface area contributed by atoms with Crippen molar-refractivity contribution in [1.29, 1.82) is 0 Å². The number of methoxy groups -OCH3 is 1. The van der Waals surface area contributed by atoms with Crippen LogP contribution in [-0.2, 0) is 4.74 Å². The molecule has 1 aliphatic heterocycles. The van der Waals surface area contributed by atoms with Crippen LogP contribution in [0.1, 0.15) is 27.7 Å². The number of benzene rings is 2. The van der Waals surface area contributed by atoms with E-state index in [-0.39, 0.29) is 17.1 Å². The first-order valence-corrected chi connectivity index (χ1v) is 9.50. The molecule has 2 aromatic carbocycles. The first-order chi connectivity index (χ1) is 13.0. The number of fused-ring (bicyclic) bond motifs is 2. The van der Waals surface area contributed by atoms with Gasteiger partial charge in [-0.3, -0.25) is 9.59 Å². The van der Waals surface area contributed by atoms with E-state index in [0.29, 0.717) is 34.7 Å². The van der Waals surface area contributed by atoms with Gasteiger partial charge in [-0.1, -0.05) is 39.7 Å². The summed E-state index contributed by atoms with van der Waals surface area (Å²) in [7, 11) is 1.57. The van der Waals surface area contributed by atoms with E-state index in [1.165, 1.54) is 0 Å². The zero-order valence-electron chi connectivity index (χ0n) is 14.4. The van der Waals surface area contributed by atoms with Gasteiger partial charge in [-0.05, 0) is 35.9 Å². The summed E-state index contributed by atoms with van der Waals surface area (Å²) in [6, 6.07) is 11.8. The van der Waals surface area contributed by atoms with Crippen molar-refractivity contribution in [3.8, 4) is 0 Å². The molecule has 5 nitrogen and oxygen atoms in total. The molecule has 27 heavy (non-hydrogen) atoms. The summed E-state index contributed by atoms with van der Waals surface area (Å²) in [5.74, 6) is -0.239. The van der Waals surface area contributed by atoms with Crippen LogP contribution in [0.3, 0.4) is 0 Å². The molecule has 7 heteroatoms. The third-order valence-electron chi connectivity index (χ3n) is 4.63. The molecule has 1 amide bonds. The zero-order chi connectivity index (χ0) is 19.1. The van der Waals surface area contributed by atoms with E-state index in [4.69, 9.17) is 20.8 Å². The van der Waals surface area contributed by atoms with Crippen LogP contribution in [0.15, 0.2) is 56.1 Å². The second kappa shape index (κ2) is 7.11. The van der Waals surface area contributed by atoms with Gasteiger partial charge in [-0.25, -0.2) is 0 Å². The van der Waals surface area contributed by atoms with Gasteiger partial charge in [0.25, 0.3) is 5.91 Å². The minimum absolute atomic E-state index is 0.0795. The van der Waals surface area contributed by atoms with Gasteiger partial charge < -0.3 is 14.1 Å². The highest BCUT2D eigenvalue weighted by Crippen LogP contribution is 2.38. The molecule has 1 aromatic heterocycles. The molecule has 0 N–H and O–H groups in total. The number of halogens is 2. The SMILES string of the molecule is COCCN1C(=O)c2oc3ccc(Cl)cc3c(=O)c2C1c1cccc(Br)c1. The Balaban J connectivity index is 1.99. The molecule has 0 radical (unpaired) electrons. The van der Waals surface area contributed by atoms with Crippen molar-refractivity contribution in [2.75, 3.05) is 20.3 Å². The van der Waals surface area contributed by atoms with E-state index in [2.05, 4.69) is 15.9 Å². The van der Waals surface area contributed by atoms with Crippen LogP contribution >= 0.6 is 27.5 Å². The maximum atomic E-state index is 13.3. The summed E-state index contributed by atoms with van der Waals surface area (Å²) in [6.07, 6.45) is 0. The summed E-state index contributed by atoms with van der Waals surface area (Å²) in [6.45, 7) is 0.691. The Morgan fingerprint density at radius 3 is 2.78 bits per heavy atom. The minimum Gasteiger partial charge on any atom is -0.450 e. The highest BCUT2D eigenvalue weighted by Gasteiger charge is 2.42. The maximum absolute atomic E-state index is 13.3. The molecular formula is C20H15BrClNO4. The Kier molecular flexibility index (Phi) is 4.80. The second-order valence-electron chi connectivity index (χ2n) is 6.26. The molecule has 0 bridgehead atoms. The predicted molar refractivity (Wildman–Crippen MR) is 106 cm³/mol. The van der Waals surface area contributed by atoms with Gasteiger partial charge >= 0.3 is 0 Å². The van der Waals surface area contributed by atoms with Crippen molar-refractivity contribution >= 4 is 44.4 Å². The molecule has 0 fully saturated rings. The quantitative estimate of drug-likeness (QED) is 0.593. The number of hydrogen-bond donors (Lipinski definition) is 0. The summed E-state index contributed by atoms with van der Waals surface area (Å²) < 4.78 is 11.9. The Morgan fingerprint density at radius 2 is 2.04 bits per heavy atom. The van der Waals surface area contributed by atoms with E-state index in [0.717, 1.165) is 10.0 Å². The van der Waals surface area contributed by atoms with E-state index in [1.807, 2.05) is 24.3 Å². The summed E-state index contributed by atoms with van der Waals surface area (Å²) in [4.78, 5) is 27.9. The average molecular weight is 449 g/mol. The third-order valence-corrected chi connectivity index (χ3v) is 5.36. The Morgan fingerprint density at radius 1 is 1.22 bits per heavy atom. The van der Waals surface area contributed by atoms with Gasteiger partial charge in [-0.15, -0.1) is 0 Å². The first kappa shape index (κ1) is 18.2. The van der Waals surface area contributed by atoms with E-state index in [9.17, 15) is 9.59 Å². The number of nitrogens with zero attached hydrogens (tertiary/aromatic N) is 1.